The first kappa shape index (κ1) is 31.1. The standard InChI is InChI=1S/C31H32BrF3N4O3/c1-42-18-4-16-39(30(41)37-26-13-11-25(32)12-14-26)21-29(40)38(20-22-7-9-24(10-8-22)31(33,34)35)17-15-23-19-36-28-6-3-2-5-27(23)28/h2-3,5-14,19,36H,4,15-18,20-21H2,1H3,(H,37,41). The van der Waals surface area contributed by atoms with Gasteiger partial charge in [0.1, 0.15) is 6.54 Å². The van der Waals surface area contributed by atoms with Crippen molar-refractivity contribution >= 4 is 44.5 Å². The van der Waals surface area contributed by atoms with Crippen LogP contribution in [-0.2, 0) is 28.7 Å². The Balaban J connectivity index is 1.53. The third-order valence-corrected chi connectivity index (χ3v) is 7.35. The molecule has 3 amide bonds. The second-order valence-electron chi connectivity index (χ2n) is 9.82. The molecule has 11 heteroatoms. The Morgan fingerprint density at radius 3 is 2.36 bits per heavy atom. The lowest BCUT2D eigenvalue weighted by Gasteiger charge is -2.28. The van der Waals surface area contributed by atoms with E-state index in [4.69, 9.17) is 4.74 Å². The van der Waals surface area contributed by atoms with Gasteiger partial charge in [-0.15, -0.1) is 0 Å². The molecule has 0 aliphatic carbocycles. The number of hydrogen-bond donors (Lipinski definition) is 2. The highest BCUT2D eigenvalue weighted by atomic mass is 79.9. The predicted octanol–water partition coefficient (Wildman–Crippen LogP) is 7.09. The molecule has 0 saturated carbocycles. The van der Waals surface area contributed by atoms with Crippen LogP contribution in [0.25, 0.3) is 10.9 Å². The Morgan fingerprint density at radius 2 is 1.67 bits per heavy atom. The van der Waals surface area contributed by atoms with E-state index in [0.29, 0.717) is 37.2 Å². The number of alkyl halides is 3. The minimum atomic E-state index is -4.45. The van der Waals surface area contributed by atoms with Crippen molar-refractivity contribution in [3.05, 3.63) is 100 Å². The number of carbonyl (C=O) groups excluding carboxylic acids is 2. The Morgan fingerprint density at radius 1 is 0.952 bits per heavy atom. The van der Waals surface area contributed by atoms with Crippen LogP contribution in [-0.4, -0.2) is 60.1 Å². The summed E-state index contributed by atoms with van der Waals surface area (Å²) >= 11 is 3.37. The normalized spacial score (nSPS) is 11.5. The molecule has 0 spiro atoms. The molecule has 3 aromatic carbocycles. The fourth-order valence-electron chi connectivity index (χ4n) is 4.56. The Hall–Kier alpha value is -3.83. The number of urea groups is 1. The molecule has 1 heterocycles. The molecule has 2 N–H and O–H groups in total. The van der Waals surface area contributed by atoms with E-state index in [-0.39, 0.29) is 25.5 Å². The van der Waals surface area contributed by atoms with E-state index in [0.717, 1.165) is 33.1 Å². The highest BCUT2D eigenvalue weighted by molar-refractivity contribution is 9.10. The number of hydrogen-bond acceptors (Lipinski definition) is 3. The van der Waals surface area contributed by atoms with Gasteiger partial charge in [0.15, 0.2) is 0 Å². The maximum Gasteiger partial charge on any atom is 0.416 e. The number of benzene rings is 3. The fourth-order valence-corrected chi connectivity index (χ4v) is 4.82. The third-order valence-electron chi connectivity index (χ3n) is 6.82. The van der Waals surface area contributed by atoms with Crippen molar-refractivity contribution in [3.8, 4) is 0 Å². The van der Waals surface area contributed by atoms with Gasteiger partial charge in [0.2, 0.25) is 5.91 Å². The van der Waals surface area contributed by atoms with Gasteiger partial charge in [-0.25, -0.2) is 4.79 Å². The summed E-state index contributed by atoms with van der Waals surface area (Å²) in [6, 6.07) is 19.3. The van der Waals surface area contributed by atoms with Gasteiger partial charge in [0.05, 0.1) is 5.56 Å². The molecule has 222 valence electrons. The number of aromatic amines is 1. The lowest BCUT2D eigenvalue weighted by atomic mass is 10.1. The third kappa shape index (κ3) is 8.59. The highest BCUT2D eigenvalue weighted by Gasteiger charge is 2.30. The number of anilines is 1. The van der Waals surface area contributed by atoms with Crippen molar-refractivity contribution in [2.24, 2.45) is 0 Å². The van der Waals surface area contributed by atoms with E-state index in [9.17, 15) is 22.8 Å². The van der Waals surface area contributed by atoms with Crippen molar-refractivity contribution in [3.63, 3.8) is 0 Å². The fraction of sp³-hybridized carbons (Fsp3) is 0.290. The molecule has 42 heavy (non-hydrogen) atoms. The zero-order chi connectivity index (χ0) is 30.1. The van der Waals surface area contributed by atoms with E-state index in [2.05, 4.69) is 26.2 Å². The number of fused-ring (bicyclic) bond motifs is 1. The Labute approximate surface area is 250 Å². The number of methoxy groups -OCH3 is 1. The van der Waals surface area contributed by atoms with Crippen LogP contribution in [0.1, 0.15) is 23.1 Å². The van der Waals surface area contributed by atoms with Gasteiger partial charge < -0.3 is 24.8 Å². The molecule has 0 saturated heterocycles. The number of carbonyl (C=O) groups is 2. The van der Waals surface area contributed by atoms with Crippen molar-refractivity contribution in [1.29, 1.82) is 0 Å². The lowest BCUT2D eigenvalue weighted by Crippen LogP contribution is -2.45. The van der Waals surface area contributed by atoms with Gasteiger partial charge in [-0.1, -0.05) is 46.3 Å². The minimum Gasteiger partial charge on any atom is -0.385 e. The number of nitrogens with one attached hydrogen (secondary N) is 2. The van der Waals surface area contributed by atoms with Gasteiger partial charge in [0.25, 0.3) is 0 Å². The molecule has 0 aliphatic rings. The first-order chi connectivity index (χ1) is 20.1. The average Bonchev–Trinajstić information content (AvgIpc) is 3.38. The first-order valence-corrected chi connectivity index (χ1v) is 14.2. The molecule has 1 aromatic heterocycles. The summed E-state index contributed by atoms with van der Waals surface area (Å²) in [7, 11) is 1.56. The van der Waals surface area contributed by atoms with Crippen molar-refractivity contribution < 1.29 is 27.5 Å². The number of para-hydroxylation sites is 1. The Bertz CT molecular complexity index is 1470. The van der Waals surface area contributed by atoms with Crippen LogP contribution in [0.2, 0.25) is 0 Å². The molecule has 4 rings (SSSR count). The lowest BCUT2D eigenvalue weighted by molar-refractivity contribution is -0.137. The molecule has 0 unspecified atom stereocenters. The van der Waals surface area contributed by atoms with Crippen LogP contribution in [0.4, 0.5) is 23.7 Å². The van der Waals surface area contributed by atoms with Crippen LogP contribution >= 0.6 is 15.9 Å². The molecule has 0 fully saturated rings. The van der Waals surface area contributed by atoms with Crippen molar-refractivity contribution in [2.45, 2.75) is 25.6 Å². The van der Waals surface area contributed by atoms with Crippen molar-refractivity contribution in [1.82, 2.24) is 14.8 Å². The second-order valence-corrected chi connectivity index (χ2v) is 10.7. The summed E-state index contributed by atoms with van der Waals surface area (Å²) < 4.78 is 45.4. The molecule has 4 aromatic rings. The number of amides is 3. The van der Waals surface area contributed by atoms with E-state index in [1.54, 1.807) is 36.3 Å². The summed E-state index contributed by atoms with van der Waals surface area (Å²) in [6.07, 6.45) is -1.51. The summed E-state index contributed by atoms with van der Waals surface area (Å²) in [6.45, 7) is 0.882. The van der Waals surface area contributed by atoms with Crippen LogP contribution in [0, 0.1) is 0 Å². The number of ether oxygens (including phenoxy) is 1. The monoisotopic (exact) mass is 644 g/mol. The zero-order valence-corrected chi connectivity index (χ0v) is 24.7. The minimum absolute atomic E-state index is 0.0968. The smallest absolute Gasteiger partial charge is 0.385 e. The number of nitrogens with zero attached hydrogens (tertiary/aromatic N) is 2. The topological polar surface area (TPSA) is 77.7 Å². The van der Waals surface area contributed by atoms with E-state index >= 15 is 0 Å². The van der Waals surface area contributed by atoms with Crippen molar-refractivity contribution in [2.75, 3.05) is 38.7 Å². The summed E-state index contributed by atoms with van der Waals surface area (Å²) in [5.74, 6) is -0.321. The highest BCUT2D eigenvalue weighted by Crippen LogP contribution is 2.29. The van der Waals surface area contributed by atoms with Gasteiger partial charge in [0, 0.05) is 60.6 Å². The van der Waals surface area contributed by atoms with Crippen LogP contribution in [0.15, 0.2) is 83.5 Å². The number of aromatic nitrogens is 1. The molecule has 0 radical (unpaired) electrons. The van der Waals surface area contributed by atoms with Gasteiger partial charge in [-0.2, -0.15) is 13.2 Å². The molecule has 0 aliphatic heterocycles. The quantitative estimate of drug-likeness (QED) is 0.162. The second kappa shape index (κ2) is 14.4. The van der Waals surface area contributed by atoms with Gasteiger partial charge >= 0.3 is 12.2 Å². The van der Waals surface area contributed by atoms with E-state index in [1.807, 2.05) is 30.5 Å². The van der Waals surface area contributed by atoms with Crippen LogP contribution in [0.3, 0.4) is 0 Å². The average molecular weight is 646 g/mol. The number of halogens is 4. The largest absolute Gasteiger partial charge is 0.416 e. The van der Waals surface area contributed by atoms with Gasteiger partial charge in [-0.05, 0) is 66.4 Å². The number of rotatable bonds is 12. The molecular formula is C31H32BrF3N4O3. The summed E-state index contributed by atoms with van der Waals surface area (Å²) in [5.41, 5.74) is 2.37. The Kier molecular flexibility index (Phi) is 10.6. The summed E-state index contributed by atoms with van der Waals surface area (Å²) in [4.78, 5) is 33.2. The molecule has 0 bridgehead atoms. The first-order valence-electron chi connectivity index (χ1n) is 13.4. The van der Waals surface area contributed by atoms with Crippen LogP contribution < -0.4 is 5.32 Å². The number of H-pyrrole nitrogens is 1. The maximum atomic E-state index is 13.7. The van der Waals surface area contributed by atoms with Gasteiger partial charge in [-0.3, -0.25) is 4.79 Å². The SMILES string of the molecule is COCCCN(CC(=O)N(CCc1c[nH]c2ccccc12)Cc1ccc(C(F)(F)F)cc1)C(=O)Nc1ccc(Br)cc1. The van der Waals surface area contributed by atoms with E-state index < -0.39 is 17.8 Å². The van der Waals surface area contributed by atoms with E-state index in [1.165, 1.54) is 17.0 Å². The zero-order valence-electron chi connectivity index (χ0n) is 23.1. The summed E-state index contributed by atoms with van der Waals surface area (Å²) in [5, 5.41) is 3.87. The molecular weight excluding hydrogens is 613 g/mol. The predicted molar refractivity (Wildman–Crippen MR) is 160 cm³/mol. The maximum absolute atomic E-state index is 13.7. The van der Waals surface area contributed by atoms with Crippen LogP contribution in [0.5, 0.6) is 0 Å². The molecule has 7 nitrogen and oxygen atoms in total. The molecule has 0 atom stereocenters.